The van der Waals surface area contributed by atoms with Crippen LogP contribution in [0.4, 0.5) is 0 Å². The van der Waals surface area contributed by atoms with Crippen molar-refractivity contribution in [2.24, 2.45) is 5.92 Å². The molecule has 3 rings (SSSR count). The molecule has 1 aromatic carbocycles. The predicted octanol–water partition coefficient (Wildman–Crippen LogP) is 2.82. The Kier molecular flexibility index (Phi) is 4.27. The number of aromatic nitrogens is 1. The first-order valence-electron chi connectivity index (χ1n) is 7.60. The van der Waals surface area contributed by atoms with Gasteiger partial charge < -0.3 is 10.6 Å². The van der Waals surface area contributed by atoms with Crippen LogP contribution in [0.5, 0.6) is 0 Å². The number of thiazole rings is 1. The zero-order valence-electron chi connectivity index (χ0n) is 13.1. The molecule has 5 heteroatoms. The quantitative estimate of drug-likeness (QED) is 0.912. The van der Waals surface area contributed by atoms with Gasteiger partial charge in [-0.3, -0.25) is 4.79 Å². The number of nitrogens with zero attached hydrogens (tertiary/aromatic N) is 1. The number of aryl methyl sites for hydroxylation is 2. The Balaban J connectivity index is 1.76. The van der Waals surface area contributed by atoms with Crippen LogP contribution in [0.25, 0.3) is 10.6 Å². The molecule has 0 saturated carbocycles. The van der Waals surface area contributed by atoms with Gasteiger partial charge >= 0.3 is 0 Å². The minimum Gasteiger partial charge on any atom is -0.348 e. The average molecular weight is 315 g/mol. The van der Waals surface area contributed by atoms with Crippen LogP contribution in [0.2, 0.25) is 0 Å². The summed E-state index contributed by atoms with van der Waals surface area (Å²) in [5.41, 5.74) is 3.37. The third-order valence-corrected chi connectivity index (χ3v) is 5.42. The van der Waals surface area contributed by atoms with E-state index in [-0.39, 0.29) is 17.9 Å². The van der Waals surface area contributed by atoms with Gasteiger partial charge in [0.2, 0.25) is 5.91 Å². The molecule has 1 aromatic heterocycles. The summed E-state index contributed by atoms with van der Waals surface area (Å²) in [4.78, 5) is 17.9. The van der Waals surface area contributed by atoms with E-state index < -0.39 is 0 Å². The lowest BCUT2D eigenvalue weighted by Crippen LogP contribution is -2.51. The van der Waals surface area contributed by atoms with Crippen molar-refractivity contribution in [1.29, 1.82) is 0 Å². The number of benzene rings is 1. The van der Waals surface area contributed by atoms with Crippen LogP contribution in [0, 0.1) is 19.8 Å². The SMILES string of the molecule is Cc1ccc(-c2nc(C)c(C(C)NC(=O)C3CNC3)s2)cc1. The highest BCUT2D eigenvalue weighted by molar-refractivity contribution is 7.15. The van der Waals surface area contributed by atoms with Crippen molar-refractivity contribution in [3.8, 4) is 10.6 Å². The Hall–Kier alpha value is -1.72. The first kappa shape index (κ1) is 15.2. The number of rotatable bonds is 4. The topological polar surface area (TPSA) is 54.0 Å². The van der Waals surface area contributed by atoms with Gasteiger partial charge in [-0.25, -0.2) is 4.98 Å². The van der Waals surface area contributed by atoms with Gasteiger partial charge in [0.15, 0.2) is 0 Å². The van der Waals surface area contributed by atoms with E-state index in [1.165, 1.54) is 5.56 Å². The molecule has 1 unspecified atom stereocenters. The smallest absolute Gasteiger partial charge is 0.226 e. The summed E-state index contributed by atoms with van der Waals surface area (Å²) in [6.07, 6.45) is 0. The van der Waals surface area contributed by atoms with Crippen molar-refractivity contribution in [1.82, 2.24) is 15.6 Å². The highest BCUT2D eigenvalue weighted by Crippen LogP contribution is 2.32. The fourth-order valence-corrected chi connectivity index (χ4v) is 3.57. The molecular formula is C17H21N3OS. The van der Waals surface area contributed by atoms with E-state index in [1.54, 1.807) is 11.3 Å². The lowest BCUT2D eigenvalue weighted by molar-refractivity contribution is -0.127. The van der Waals surface area contributed by atoms with E-state index in [4.69, 9.17) is 0 Å². The molecule has 1 aliphatic rings. The standard InChI is InChI=1S/C17H21N3OS/c1-10-4-6-13(7-5-10)17-20-12(3)15(22-17)11(2)19-16(21)14-8-18-9-14/h4-7,11,14,18H,8-9H2,1-3H3,(H,19,21). The van der Waals surface area contributed by atoms with E-state index in [0.717, 1.165) is 34.2 Å². The number of hydrogen-bond donors (Lipinski definition) is 2. The second-order valence-corrected chi connectivity index (χ2v) is 6.95. The van der Waals surface area contributed by atoms with Crippen LogP contribution >= 0.6 is 11.3 Å². The monoisotopic (exact) mass is 315 g/mol. The summed E-state index contributed by atoms with van der Waals surface area (Å²) >= 11 is 1.66. The molecule has 1 amide bonds. The maximum Gasteiger partial charge on any atom is 0.226 e. The summed E-state index contributed by atoms with van der Waals surface area (Å²) in [6.45, 7) is 7.69. The lowest BCUT2D eigenvalue weighted by Gasteiger charge is -2.27. The van der Waals surface area contributed by atoms with Crippen molar-refractivity contribution in [2.45, 2.75) is 26.8 Å². The molecule has 1 fully saturated rings. The number of carbonyl (C=O) groups is 1. The molecule has 1 atom stereocenters. The molecule has 0 bridgehead atoms. The number of nitrogens with one attached hydrogen (secondary N) is 2. The normalized spacial score (nSPS) is 16.1. The summed E-state index contributed by atoms with van der Waals surface area (Å²) in [5.74, 6) is 0.253. The fourth-order valence-electron chi connectivity index (χ4n) is 2.50. The molecule has 0 spiro atoms. The van der Waals surface area contributed by atoms with Crippen LogP contribution in [0.3, 0.4) is 0 Å². The molecule has 116 valence electrons. The van der Waals surface area contributed by atoms with Crippen LogP contribution in [-0.4, -0.2) is 24.0 Å². The van der Waals surface area contributed by atoms with Gasteiger partial charge in [0, 0.05) is 18.7 Å². The summed E-state index contributed by atoms with van der Waals surface area (Å²) in [5, 5.41) is 7.24. The van der Waals surface area contributed by atoms with Gasteiger partial charge in [-0.1, -0.05) is 29.8 Å². The largest absolute Gasteiger partial charge is 0.348 e. The van der Waals surface area contributed by atoms with Gasteiger partial charge in [-0.2, -0.15) is 0 Å². The molecule has 1 aliphatic heterocycles. The number of hydrogen-bond acceptors (Lipinski definition) is 4. The Morgan fingerprint density at radius 1 is 1.32 bits per heavy atom. The van der Waals surface area contributed by atoms with Crippen LogP contribution in [0.1, 0.15) is 29.1 Å². The van der Waals surface area contributed by atoms with E-state index in [0.29, 0.717) is 0 Å². The third kappa shape index (κ3) is 3.05. The van der Waals surface area contributed by atoms with Crippen molar-refractivity contribution in [2.75, 3.05) is 13.1 Å². The van der Waals surface area contributed by atoms with Gasteiger partial charge in [0.25, 0.3) is 0 Å². The van der Waals surface area contributed by atoms with Crippen LogP contribution < -0.4 is 10.6 Å². The maximum absolute atomic E-state index is 12.1. The van der Waals surface area contributed by atoms with E-state index >= 15 is 0 Å². The third-order valence-electron chi connectivity index (χ3n) is 4.04. The van der Waals surface area contributed by atoms with E-state index in [2.05, 4.69) is 46.8 Å². The van der Waals surface area contributed by atoms with E-state index in [1.807, 2.05) is 13.8 Å². The van der Waals surface area contributed by atoms with Crippen molar-refractivity contribution in [3.05, 3.63) is 40.4 Å². The summed E-state index contributed by atoms with van der Waals surface area (Å²) in [7, 11) is 0. The Labute approximate surface area is 135 Å². The maximum atomic E-state index is 12.1. The number of carbonyl (C=O) groups excluding carboxylic acids is 1. The highest BCUT2D eigenvalue weighted by Gasteiger charge is 2.27. The molecule has 2 N–H and O–H groups in total. The molecule has 2 heterocycles. The van der Waals surface area contributed by atoms with Crippen molar-refractivity contribution >= 4 is 17.2 Å². The van der Waals surface area contributed by atoms with Crippen molar-refractivity contribution < 1.29 is 4.79 Å². The Morgan fingerprint density at radius 2 is 2.00 bits per heavy atom. The van der Waals surface area contributed by atoms with Gasteiger partial charge in [-0.05, 0) is 20.8 Å². The van der Waals surface area contributed by atoms with Crippen LogP contribution in [-0.2, 0) is 4.79 Å². The molecule has 1 saturated heterocycles. The van der Waals surface area contributed by atoms with E-state index in [9.17, 15) is 4.79 Å². The highest BCUT2D eigenvalue weighted by atomic mass is 32.1. The fraction of sp³-hybridized carbons (Fsp3) is 0.412. The molecule has 0 aliphatic carbocycles. The minimum atomic E-state index is 0.00444. The molecule has 0 radical (unpaired) electrons. The zero-order chi connectivity index (χ0) is 15.7. The first-order chi connectivity index (χ1) is 10.5. The van der Waals surface area contributed by atoms with Crippen LogP contribution in [0.15, 0.2) is 24.3 Å². The second kappa shape index (κ2) is 6.18. The molecule has 22 heavy (non-hydrogen) atoms. The average Bonchev–Trinajstić information content (AvgIpc) is 2.79. The second-order valence-electron chi connectivity index (χ2n) is 5.92. The predicted molar refractivity (Wildman–Crippen MR) is 89.9 cm³/mol. The Morgan fingerprint density at radius 3 is 2.59 bits per heavy atom. The summed E-state index contributed by atoms with van der Waals surface area (Å²) in [6, 6.07) is 8.40. The van der Waals surface area contributed by atoms with Crippen molar-refractivity contribution in [3.63, 3.8) is 0 Å². The first-order valence-corrected chi connectivity index (χ1v) is 8.41. The minimum absolute atomic E-state index is 0.00444. The molecule has 2 aromatic rings. The van der Waals surface area contributed by atoms with Gasteiger partial charge in [0.05, 0.1) is 22.5 Å². The summed E-state index contributed by atoms with van der Waals surface area (Å²) < 4.78 is 0. The molecule has 4 nitrogen and oxygen atoms in total. The Bertz CT molecular complexity index is 674. The number of amides is 1. The van der Waals surface area contributed by atoms with Gasteiger partial charge in [0.1, 0.15) is 5.01 Å². The van der Waals surface area contributed by atoms with Gasteiger partial charge in [-0.15, -0.1) is 11.3 Å². The zero-order valence-corrected chi connectivity index (χ0v) is 14.0. The lowest BCUT2D eigenvalue weighted by atomic mass is 10.0. The molecular weight excluding hydrogens is 294 g/mol.